The minimum Gasteiger partial charge on any atom is -0.356 e. The van der Waals surface area contributed by atoms with E-state index in [2.05, 4.69) is 22.6 Å². The molecule has 1 aromatic rings. The Balaban J connectivity index is 1.65. The predicted molar refractivity (Wildman–Crippen MR) is 119 cm³/mol. The van der Waals surface area contributed by atoms with Crippen LogP contribution < -0.4 is 10.6 Å². The summed E-state index contributed by atoms with van der Waals surface area (Å²) in [6, 6.07) is 8.47. The molecule has 8 nitrogen and oxygen atoms in total. The summed E-state index contributed by atoms with van der Waals surface area (Å²) in [6.07, 6.45) is 3.72. The number of benzene rings is 1. The molecule has 172 valence electrons. The maximum absolute atomic E-state index is 13.1. The van der Waals surface area contributed by atoms with Crippen LogP contribution in [0.2, 0.25) is 0 Å². The maximum Gasteiger partial charge on any atom is 0.243 e. The number of hydrogen-bond acceptors (Lipinski definition) is 5. The molecule has 0 spiro atoms. The summed E-state index contributed by atoms with van der Waals surface area (Å²) in [5, 5.41) is 6.02. The second-order valence-electron chi connectivity index (χ2n) is 8.53. The van der Waals surface area contributed by atoms with Crippen molar-refractivity contribution in [1.82, 2.24) is 19.8 Å². The van der Waals surface area contributed by atoms with E-state index in [0.717, 1.165) is 25.9 Å². The van der Waals surface area contributed by atoms with Crippen molar-refractivity contribution in [2.75, 3.05) is 39.8 Å². The van der Waals surface area contributed by atoms with Crippen molar-refractivity contribution in [2.45, 2.75) is 49.5 Å². The van der Waals surface area contributed by atoms with Crippen LogP contribution in [0, 0.1) is 5.92 Å². The lowest BCUT2D eigenvalue weighted by Gasteiger charge is -2.30. The van der Waals surface area contributed by atoms with E-state index in [-0.39, 0.29) is 41.6 Å². The zero-order valence-corrected chi connectivity index (χ0v) is 19.1. The first-order chi connectivity index (χ1) is 14.9. The first-order valence-corrected chi connectivity index (χ1v) is 12.6. The van der Waals surface area contributed by atoms with Crippen LogP contribution in [0.4, 0.5) is 0 Å². The van der Waals surface area contributed by atoms with E-state index in [1.807, 2.05) is 0 Å². The molecule has 2 heterocycles. The van der Waals surface area contributed by atoms with Crippen molar-refractivity contribution >= 4 is 21.8 Å². The molecule has 1 aromatic carbocycles. The van der Waals surface area contributed by atoms with Gasteiger partial charge >= 0.3 is 0 Å². The number of nitrogens with zero attached hydrogens (tertiary/aromatic N) is 2. The molecule has 0 aliphatic carbocycles. The van der Waals surface area contributed by atoms with Gasteiger partial charge in [-0.2, -0.15) is 4.31 Å². The van der Waals surface area contributed by atoms with Crippen molar-refractivity contribution in [3.05, 3.63) is 30.3 Å². The van der Waals surface area contributed by atoms with Crippen LogP contribution >= 0.6 is 0 Å². The lowest BCUT2D eigenvalue weighted by atomic mass is 9.96. The SMILES string of the molecule is CN1CCC(NC(=O)C2CCCN(S(=O)(=O)c3ccccc3)CCC(=O)NCC2)CC1. The van der Waals surface area contributed by atoms with Crippen LogP contribution in [0.15, 0.2) is 35.2 Å². The predicted octanol–water partition coefficient (Wildman–Crippen LogP) is 1.19. The number of hydrogen-bond donors (Lipinski definition) is 2. The van der Waals surface area contributed by atoms with Crippen molar-refractivity contribution in [1.29, 1.82) is 0 Å². The third-order valence-electron chi connectivity index (χ3n) is 6.18. The Bertz CT molecular complexity index is 838. The van der Waals surface area contributed by atoms with Gasteiger partial charge in [0.05, 0.1) is 4.90 Å². The van der Waals surface area contributed by atoms with Gasteiger partial charge in [0.2, 0.25) is 21.8 Å². The fourth-order valence-corrected chi connectivity index (χ4v) is 5.69. The summed E-state index contributed by atoms with van der Waals surface area (Å²) in [5.74, 6) is -0.413. The molecule has 0 saturated carbocycles. The Morgan fingerprint density at radius 1 is 1.03 bits per heavy atom. The quantitative estimate of drug-likeness (QED) is 0.718. The second-order valence-corrected chi connectivity index (χ2v) is 10.5. The third-order valence-corrected chi connectivity index (χ3v) is 8.09. The molecule has 0 radical (unpaired) electrons. The Kier molecular flexibility index (Phi) is 8.45. The van der Waals surface area contributed by atoms with Crippen LogP contribution in [0.3, 0.4) is 0 Å². The van der Waals surface area contributed by atoms with E-state index in [1.165, 1.54) is 4.31 Å². The minimum atomic E-state index is -3.68. The van der Waals surface area contributed by atoms with E-state index in [4.69, 9.17) is 0 Å². The van der Waals surface area contributed by atoms with Gasteiger partial charge in [-0.1, -0.05) is 18.2 Å². The largest absolute Gasteiger partial charge is 0.356 e. The van der Waals surface area contributed by atoms with Crippen molar-refractivity contribution < 1.29 is 18.0 Å². The van der Waals surface area contributed by atoms with E-state index < -0.39 is 10.0 Å². The molecule has 31 heavy (non-hydrogen) atoms. The van der Waals surface area contributed by atoms with Gasteiger partial charge in [0.15, 0.2) is 0 Å². The van der Waals surface area contributed by atoms with Gasteiger partial charge in [0.25, 0.3) is 0 Å². The van der Waals surface area contributed by atoms with E-state index in [9.17, 15) is 18.0 Å². The average Bonchev–Trinajstić information content (AvgIpc) is 2.80. The molecule has 2 aliphatic rings. The maximum atomic E-state index is 13.1. The molecule has 2 fully saturated rings. The van der Waals surface area contributed by atoms with E-state index in [0.29, 0.717) is 32.4 Å². The van der Waals surface area contributed by atoms with Gasteiger partial charge in [-0.3, -0.25) is 9.59 Å². The van der Waals surface area contributed by atoms with Gasteiger partial charge < -0.3 is 15.5 Å². The molecular weight excluding hydrogens is 416 g/mol. The van der Waals surface area contributed by atoms with Crippen molar-refractivity contribution in [2.24, 2.45) is 5.92 Å². The molecule has 0 bridgehead atoms. The summed E-state index contributed by atoms with van der Waals surface area (Å²) < 4.78 is 27.5. The molecule has 2 aliphatic heterocycles. The Morgan fingerprint density at radius 2 is 1.74 bits per heavy atom. The Labute approximate surface area is 185 Å². The van der Waals surface area contributed by atoms with Crippen LogP contribution in [0.5, 0.6) is 0 Å². The summed E-state index contributed by atoms with van der Waals surface area (Å²) in [5.41, 5.74) is 0. The van der Waals surface area contributed by atoms with Gasteiger partial charge in [-0.15, -0.1) is 0 Å². The number of amides is 2. The molecule has 2 amide bonds. The number of likely N-dealkylation sites (tertiary alicyclic amines) is 1. The van der Waals surface area contributed by atoms with E-state index in [1.54, 1.807) is 30.3 Å². The van der Waals surface area contributed by atoms with Crippen molar-refractivity contribution in [3.8, 4) is 0 Å². The smallest absolute Gasteiger partial charge is 0.243 e. The topological polar surface area (TPSA) is 98.8 Å². The van der Waals surface area contributed by atoms with Crippen LogP contribution in [-0.2, 0) is 19.6 Å². The normalized spacial score (nSPS) is 23.5. The number of piperidine rings is 1. The minimum absolute atomic E-state index is 0.0144. The van der Waals surface area contributed by atoms with Crippen LogP contribution in [0.25, 0.3) is 0 Å². The number of sulfonamides is 1. The summed E-state index contributed by atoms with van der Waals surface area (Å²) in [6.45, 7) is 2.80. The first-order valence-electron chi connectivity index (χ1n) is 11.2. The van der Waals surface area contributed by atoms with Crippen LogP contribution in [-0.4, -0.2) is 75.3 Å². The standard InChI is InChI=1S/C22H34N4O4S/c1-25-15-10-19(11-16-25)24-22(28)18-6-5-14-26(17-12-21(27)23-13-9-18)31(29,30)20-7-3-2-4-8-20/h2-4,7-8,18-19H,5-6,9-17H2,1H3,(H,23,27)(H,24,28). The molecule has 1 atom stereocenters. The molecule has 0 aromatic heterocycles. The fourth-order valence-electron chi connectivity index (χ4n) is 4.19. The highest BCUT2D eigenvalue weighted by atomic mass is 32.2. The second kappa shape index (κ2) is 11.1. The lowest BCUT2D eigenvalue weighted by molar-refractivity contribution is -0.127. The number of carbonyl (C=O) groups excluding carboxylic acids is 2. The molecular formula is C22H34N4O4S. The zero-order chi connectivity index (χ0) is 22.3. The lowest BCUT2D eigenvalue weighted by Crippen LogP contribution is -2.45. The molecule has 1 unspecified atom stereocenters. The van der Waals surface area contributed by atoms with Gasteiger partial charge in [0, 0.05) is 38.0 Å². The Hall–Kier alpha value is -1.97. The first kappa shape index (κ1) is 23.7. The average molecular weight is 451 g/mol. The molecule has 2 saturated heterocycles. The summed E-state index contributed by atoms with van der Waals surface area (Å²) >= 11 is 0. The third kappa shape index (κ3) is 6.75. The van der Waals surface area contributed by atoms with Gasteiger partial charge in [0.1, 0.15) is 0 Å². The summed E-state index contributed by atoms with van der Waals surface area (Å²) in [4.78, 5) is 27.6. The molecule has 2 N–H and O–H groups in total. The number of carbonyl (C=O) groups is 2. The molecule has 3 rings (SSSR count). The highest BCUT2D eigenvalue weighted by Gasteiger charge is 2.28. The van der Waals surface area contributed by atoms with E-state index >= 15 is 0 Å². The van der Waals surface area contributed by atoms with Gasteiger partial charge in [-0.05, 0) is 64.4 Å². The number of nitrogens with one attached hydrogen (secondary N) is 2. The molecule has 9 heteroatoms. The highest BCUT2D eigenvalue weighted by Crippen LogP contribution is 2.20. The fraction of sp³-hybridized carbons (Fsp3) is 0.636. The van der Waals surface area contributed by atoms with Crippen molar-refractivity contribution in [3.63, 3.8) is 0 Å². The Morgan fingerprint density at radius 3 is 2.45 bits per heavy atom. The van der Waals surface area contributed by atoms with Crippen LogP contribution in [0.1, 0.15) is 38.5 Å². The zero-order valence-electron chi connectivity index (χ0n) is 18.3. The monoisotopic (exact) mass is 450 g/mol. The highest BCUT2D eigenvalue weighted by molar-refractivity contribution is 7.89. The number of rotatable bonds is 4. The summed E-state index contributed by atoms with van der Waals surface area (Å²) in [7, 11) is -1.60. The van der Waals surface area contributed by atoms with Gasteiger partial charge in [-0.25, -0.2) is 8.42 Å².